The number of nitrogens with zero attached hydrogens (tertiary/aromatic N) is 1. The molecule has 1 fully saturated rings. The van der Waals surface area contributed by atoms with E-state index in [1.165, 1.54) is 0 Å². The molecule has 0 atom stereocenters. The number of rotatable bonds is 2. The van der Waals surface area contributed by atoms with Crippen molar-refractivity contribution < 1.29 is 9.59 Å². The van der Waals surface area contributed by atoms with Gasteiger partial charge in [-0.25, -0.2) is 0 Å². The minimum absolute atomic E-state index is 0.314. The van der Waals surface area contributed by atoms with Crippen LogP contribution in [0.2, 0.25) is 0 Å². The SMILES string of the molecule is CN(C)c1ccc(/C=C2/SC(=O)NC2=O)cc1. The van der Waals surface area contributed by atoms with Crippen molar-refractivity contribution in [2.75, 3.05) is 19.0 Å². The first-order valence-electron chi connectivity index (χ1n) is 5.08. The van der Waals surface area contributed by atoms with Crippen LogP contribution in [-0.4, -0.2) is 25.2 Å². The molecule has 0 bridgehead atoms. The number of amides is 2. The van der Waals surface area contributed by atoms with E-state index in [4.69, 9.17) is 0 Å². The van der Waals surface area contributed by atoms with Crippen LogP contribution < -0.4 is 10.2 Å². The number of imide groups is 1. The Morgan fingerprint density at radius 2 is 1.82 bits per heavy atom. The molecule has 1 aliphatic heterocycles. The first kappa shape index (κ1) is 11.7. The topological polar surface area (TPSA) is 49.4 Å². The van der Waals surface area contributed by atoms with E-state index < -0.39 is 0 Å². The standard InChI is InChI=1S/C12H12N2O2S/c1-14(2)9-5-3-8(4-6-9)7-10-11(15)13-12(16)17-10/h3-7H,1-2H3,(H,13,15,16)/b10-7+. The van der Waals surface area contributed by atoms with Crippen LogP contribution in [0.5, 0.6) is 0 Å². The Bertz CT molecular complexity index is 492. The van der Waals surface area contributed by atoms with Gasteiger partial charge in [0.2, 0.25) is 0 Å². The summed E-state index contributed by atoms with van der Waals surface area (Å²) in [6, 6.07) is 7.76. The molecule has 0 saturated carbocycles. The molecule has 1 aliphatic rings. The fraction of sp³-hybridized carbons (Fsp3) is 0.167. The third kappa shape index (κ3) is 2.68. The molecule has 0 aliphatic carbocycles. The van der Waals surface area contributed by atoms with Gasteiger partial charge in [0.25, 0.3) is 11.1 Å². The van der Waals surface area contributed by atoms with Gasteiger partial charge < -0.3 is 4.90 Å². The van der Waals surface area contributed by atoms with Crippen LogP contribution in [0.25, 0.3) is 6.08 Å². The minimum atomic E-state index is -0.323. The van der Waals surface area contributed by atoms with Gasteiger partial charge in [-0.05, 0) is 35.5 Å². The van der Waals surface area contributed by atoms with Gasteiger partial charge in [0.1, 0.15) is 0 Å². The van der Waals surface area contributed by atoms with Gasteiger partial charge >= 0.3 is 0 Å². The number of nitrogens with one attached hydrogen (secondary N) is 1. The molecule has 2 rings (SSSR count). The number of hydrogen-bond donors (Lipinski definition) is 1. The van der Waals surface area contributed by atoms with E-state index in [1.54, 1.807) is 6.08 Å². The molecule has 1 heterocycles. The van der Waals surface area contributed by atoms with Crippen molar-refractivity contribution in [3.8, 4) is 0 Å². The van der Waals surface area contributed by atoms with Crippen LogP contribution in [0.15, 0.2) is 29.2 Å². The summed E-state index contributed by atoms with van der Waals surface area (Å²) < 4.78 is 0. The highest BCUT2D eigenvalue weighted by Crippen LogP contribution is 2.26. The average molecular weight is 248 g/mol. The molecule has 0 radical (unpaired) electrons. The zero-order valence-corrected chi connectivity index (χ0v) is 10.4. The largest absolute Gasteiger partial charge is 0.378 e. The van der Waals surface area contributed by atoms with Gasteiger partial charge in [-0.2, -0.15) is 0 Å². The lowest BCUT2D eigenvalue weighted by Gasteiger charge is -2.11. The maximum Gasteiger partial charge on any atom is 0.290 e. The summed E-state index contributed by atoms with van der Waals surface area (Å²) in [6.07, 6.45) is 1.71. The Kier molecular flexibility index (Phi) is 3.19. The predicted octanol–water partition coefficient (Wildman–Crippen LogP) is 2.08. The second-order valence-corrected chi connectivity index (χ2v) is 4.85. The zero-order valence-electron chi connectivity index (χ0n) is 9.56. The highest BCUT2D eigenvalue weighted by Gasteiger charge is 2.24. The minimum Gasteiger partial charge on any atom is -0.378 e. The van der Waals surface area contributed by atoms with E-state index in [0.717, 1.165) is 23.0 Å². The predicted molar refractivity (Wildman–Crippen MR) is 69.9 cm³/mol. The molecule has 0 unspecified atom stereocenters. The van der Waals surface area contributed by atoms with Crippen LogP contribution in [-0.2, 0) is 4.79 Å². The van der Waals surface area contributed by atoms with E-state index in [9.17, 15) is 9.59 Å². The molecule has 5 heteroatoms. The van der Waals surface area contributed by atoms with E-state index >= 15 is 0 Å². The van der Waals surface area contributed by atoms with Crippen molar-refractivity contribution in [2.24, 2.45) is 0 Å². The lowest BCUT2D eigenvalue weighted by atomic mass is 10.2. The maximum atomic E-state index is 11.3. The number of benzene rings is 1. The summed E-state index contributed by atoms with van der Waals surface area (Å²) in [4.78, 5) is 24.8. The van der Waals surface area contributed by atoms with Crippen molar-refractivity contribution in [2.45, 2.75) is 0 Å². The molecular weight excluding hydrogens is 236 g/mol. The van der Waals surface area contributed by atoms with Crippen LogP contribution in [0, 0.1) is 0 Å². The van der Waals surface area contributed by atoms with Gasteiger partial charge in [-0.1, -0.05) is 12.1 Å². The Morgan fingerprint density at radius 1 is 1.18 bits per heavy atom. The van der Waals surface area contributed by atoms with E-state index in [1.807, 2.05) is 43.3 Å². The van der Waals surface area contributed by atoms with Crippen LogP contribution in [0.3, 0.4) is 0 Å². The summed E-state index contributed by atoms with van der Waals surface area (Å²) in [5.74, 6) is -0.323. The molecule has 0 aromatic heterocycles. The molecular formula is C12H12N2O2S. The second kappa shape index (κ2) is 4.63. The highest BCUT2D eigenvalue weighted by molar-refractivity contribution is 8.18. The molecule has 88 valence electrons. The van der Waals surface area contributed by atoms with E-state index in [2.05, 4.69) is 5.32 Å². The molecule has 1 N–H and O–H groups in total. The van der Waals surface area contributed by atoms with Gasteiger partial charge in [0.05, 0.1) is 4.91 Å². The fourth-order valence-corrected chi connectivity index (χ4v) is 2.12. The Morgan fingerprint density at radius 3 is 2.29 bits per heavy atom. The molecule has 2 amide bonds. The van der Waals surface area contributed by atoms with Crippen molar-refractivity contribution in [3.63, 3.8) is 0 Å². The van der Waals surface area contributed by atoms with Crippen molar-refractivity contribution >= 4 is 34.7 Å². The van der Waals surface area contributed by atoms with Gasteiger partial charge in [0.15, 0.2) is 0 Å². The third-order valence-electron chi connectivity index (χ3n) is 2.35. The van der Waals surface area contributed by atoms with Gasteiger partial charge in [0, 0.05) is 19.8 Å². The van der Waals surface area contributed by atoms with E-state index in [0.29, 0.717) is 4.91 Å². The number of hydrogen-bond acceptors (Lipinski definition) is 4. The van der Waals surface area contributed by atoms with Crippen LogP contribution in [0.4, 0.5) is 10.5 Å². The molecule has 0 spiro atoms. The number of anilines is 1. The summed E-state index contributed by atoms with van der Waals surface area (Å²) in [7, 11) is 3.93. The lowest BCUT2D eigenvalue weighted by Crippen LogP contribution is -2.17. The fourth-order valence-electron chi connectivity index (χ4n) is 1.44. The Labute approximate surface area is 104 Å². The summed E-state index contributed by atoms with van der Waals surface area (Å²) >= 11 is 0.930. The smallest absolute Gasteiger partial charge is 0.290 e. The first-order chi connectivity index (χ1) is 8.06. The molecule has 17 heavy (non-hydrogen) atoms. The molecule has 1 saturated heterocycles. The van der Waals surface area contributed by atoms with Gasteiger partial charge in [-0.15, -0.1) is 0 Å². The van der Waals surface area contributed by atoms with Crippen LogP contribution >= 0.6 is 11.8 Å². The lowest BCUT2D eigenvalue weighted by molar-refractivity contribution is -0.115. The monoisotopic (exact) mass is 248 g/mol. The zero-order chi connectivity index (χ0) is 12.4. The number of thioether (sulfide) groups is 1. The summed E-state index contributed by atoms with van der Waals surface area (Å²) in [5.41, 5.74) is 2.00. The highest BCUT2D eigenvalue weighted by atomic mass is 32.2. The van der Waals surface area contributed by atoms with Crippen molar-refractivity contribution in [1.29, 1.82) is 0 Å². The third-order valence-corrected chi connectivity index (χ3v) is 3.16. The molecule has 4 nitrogen and oxygen atoms in total. The summed E-state index contributed by atoms with van der Waals surface area (Å²) in [5, 5.41) is 1.91. The van der Waals surface area contributed by atoms with Crippen molar-refractivity contribution in [1.82, 2.24) is 5.32 Å². The van der Waals surface area contributed by atoms with Crippen molar-refractivity contribution in [3.05, 3.63) is 34.7 Å². The van der Waals surface area contributed by atoms with E-state index in [-0.39, 0.29) is 11.1 Å². The quantitative estimate of drug-likeness (QED) is 0.814. The average Bonchev–Trinajstić information content (AvgIpc) is 2.58. The Balaban J connectivity index is 2.21. The number of carbonyl (C=O) groups excluding carboxylic acids is 2. The normalized spacial score (nSPS) is 17.4. The second-order valence-electron chi connectivity index (χ2n) is 3.84. The Hall–Kier alpha value is -1.75. The molecule has 1 aromatic rings. The maximum absolute atomic E-state index is 11.3. The van der Waals surface area contributed by atoms with Gasteiger partial charge in [-0.3, -0.25) is 14.9 Å². The summed E-state index contributed by atoms with van der Waals surface area (Å²) in [6.45, 7) is 0. The molecule has 1 aromatic carbocycles. The first-order valence-corrected chi connectivity index (χ1v) is 5.90. The number of carbonyl (C=O) groups is 2. The van der Waals surface area contributed by atoms with Crippen LogP contribution in [0.1, 0.15) is 5.56 Å².